The van der Waals surface area contributed by atoms with Crippen LogP contribution in [0.4, 0.5) is 0 Å². The van der Waals surface area contributed by atoms with Crippen molar-refractivity contribution in [3.63, 3.8) is 0 Å². The first kappa shape index (κ1) is 15.3. The first-order valence-electron chi connectivity index (χ1n) is 5.52. The van der Waals surface area contributed by atoms with Gasteiger partial charge in [0.2, 0.25) is 11.8 Å². The number of amides is 2. The van der Waals surface area contributed by atoms with Crippen molar-refractivity contribution in [3.05, 3.63) is 0 Å². The van der Waals surface area contributed by atoms with Gasteiger partial charge in [0.15, 0.2) is 12.4 Å². The van der Waals surface area contributed by atoms with Crippen molar-refractivity contribution in [2.24, 2.45) is 0 Å². The summed E-state index contributed by atoms with van der Waals surface area (Å²) in [6.07, 6.45) is -4.97. The summed E-state index contributed by atoms with van der Waals surface area (Å²) in [5, 5.41) is 33.0. The molecule has 1 unspecified atom stereocenters. The predicted molar refractivity (Wildman–Crippen MR) is 59.7 cm³/mol. The molecule has 1 aliphatic heterocycles. The van der Waals surface area contributed by atoms with E-state index in [1.807, 2.05) is 0 Å². The van der Waals surface area contributed by atoms with Crippen LogP contribution in [0.15, 0.2) is 0 Å². The molecule has 0 saturated carbocycles. The average molecular weight is 276 g/mol. The summed E-state index contributed by atoms with van der Waals surface area (Å²) >= 11 is 0. The van der Waals surface area contributed by atoms with E-state index in [1.165, 1.54) is 6.92 Å². The van der Waals surface area contributed by atoms with E-state index in [4.69, 9.17) is 9.84 Å². The molecular weight excluding hydrogens is 260 g/mol. The van der Waals surface area contributed by atoms with Gasteiger partial charge in [0, 0.05) is 13.8 Å². The van der Waals surface area contributed by atoms with Gasteiger partial charge in [-0.2, -0.15) is 0 Å². The van der Waals surface area contributed by atoms with Crippen molar-refractivity contribution in [2.75, 3.05) is 0 Å². The molecule has 2 amide bonds. The van der Waals surface area contributed by atoms with E-state index >= 15 is 0 Å². The van der Waals surface area contributed by atoms with Crippen LogP contribution in [-0.4, -0.2) is 63.7 Å². The highest BCUT2D eigenvalue weighted by atomic mass is 16.6. The van der Waals surface area contributed by atoms with E-state index in [9.17, 15) is 24.6 Å². The van der Waals surface area contributed by atoms with Crippen molar-refractivity contribution >= 4 is 17.8 Å². The Morgan fingerprint density at radius 1 is 1.00 bits per heavy atom. The van der Waals surface area contributed by atoms with Gasteiger partial charge in [-0.3, -0.25) is 9.59 Å². The predicted octanol–water partition coefficient (Wildman–Crippen LogP) is -2.84. The summed E-state index contributed by atoms with van der Waals surface area (Å²) in [5.41, 5.74) is 0. The van der Waals surface area contributed by atoms with Crippen LogP contribution in [0.25, 0.3) is 0 Å². The van der Waals surface area contributed by atoms with Gasteiger partial charge in [-0.25, -0.2) is 4.79 Å². The van der Waals surface area contributed by atoms with Crippen LogP contribution in [-0.2, 0) is 19.1 Å². The molecule has 0 aliphatic carbocycles. The second kappa shape index (κ2) is 5.95. The van der Waals surface area contributed by atoms with Crippen LogP contribution >= 0.6 is 0 Å². The zero-order chi connectivity index (χ0) is 14.7. The van der Waals surface area contributed by atoms with Crippen molar-refractivity contribution < 1.29 is 34.4 Å². The number of carboxylic acid groups (broad SMARTS) is 1. The molecule has 108 valence electrons. The maximum absolute atomic E-state index is 11.1. The molecule has 0 aromatic carbocycles. The van der Waals surface area contributed by atoms with Gasteiger partial charge in [0.1, 0.15) is 12.1 Å². The lowest BCUT2D eigenvalue weighted by molar-refractivity contribution is -0.229. The molecule has 9 nitrogen and oxygen atoms in total. The quantitative estimate of drug-likeness (QED) is 0.373. The third-order valence-electron chi connectivity index (χ3n) is 2.64. The lowest BCUT2D eigenvalue weighted by Gasteiger charge is -2.41. The fourth-order valence-corrected chi connectivity index (χ4v) is 1.90. The van der Waals surface area contributed by atoms with E-state index in [0.29, 0.717) is 0 Å². The number of aliphatic hydroxyl groups is 2. The van der Waals surface area contributed by atoms with Crippen LogP contribution in [0.3, 0.4) is 0 Å². The fraction of sp³-hybridized carbons (Fsp3) is 0.700. The van der Waals surface area contributed by atoms with Crippen LogP contribution in [0.5, 0.6) is 0 Å². The fourth-order valence-electron chi connectivity index (χ4n) is 1.90. The van der Waals surface area contributed by atoms with E-state index < -0.39 is 48.4 Å². The minimum Gasteiger partial charge on any atom is -0.479 e. The summed E-state index contributed by atoms with van der Waals surface area (Å²) in [6.45, 7) is 2.34. The zero-order valence-electron chi connectivity index (χ0n) is 10.4. The smallest absolute Gasteiger partial charge is 0.335 e. The van der Waals surface area contributed by atoms with Gasteiger partial charge in [-0.05, 0) is 0 Å². The molecule has 0 aromatic rings. The highest BCUT2D eigenvalue weighted by Gasteiger charge is 2.48. The molecule has 9 heteroatoms. The Bertz CT molecular complexity index is 386. The molecule has 0 radical (unpaired) electrons. The van der Waals surface area contributed by atoms with Crippen LogP contribution in [0, 0.1) is 0 Å². The second-order valence-electron chi connectivity index (χ2n) is 4.23. The molecule has 19 heavy (non-hydrogen) atoms. The Hall–Kier alpha value is -1.71. The minimum absolute atomic E-state index is 0.524. The summed E-state index contributed by atoms with van der Waals surface area (Å²) in [6, 6.07) is -2.32. The standard InChI is InChI=1S/C10H16N2O7/c1-3(13)11-5-6(12-4(2)14)10(18)19-8(7(5)15)9(16)17/h5-8,10,15,18H,1-2H3,(H,11,13)(H,12,14)(H,16,17)/t5-,6+,7+,8+,10?/m1/s1. The number of carbonyl (C=O) groups is 3. The Labute approximate surface area is 108 Å². The van der Waals surface area contributed by atoms with E-state index in [1.54, 1.807) is 0 Å². The van der Waals surface area contributed by atoms with Gasteiger partial charge in [-0.1, -0.05) is 0 Å². The number of hydrogen-bond donors (Lipinski definition) is 5. The topological polar surface area (TPSA) is 145 Å². The number of hydrogen-bond acceptors (Lipinski definition) is 6. The van der Waals surface area contributed by atoms with Gasteiger partial charge < -0.3 is 30.7 Å². The first-order chi connectivity index (χ1) is 8.73. The van der Waals surface area contributed by atoms with Crippen LogP contribution in [0.2, 0.25) is 0 Å². The molecule has 5 N–H and O–H groups in total. The molecule has 0 aromatic heterocycles. The van der Waals surface area contributed by atoms with Crippen LogP contribution < -0.4 is 10.6 Å². The summed E-state index contributed by atoms with van der Waals surface area (Å²) in [5.74, 6) is -2.55. The van der Waals surface area contributed by atoms with Gasteiger partial charge in [-0.15, -0.1) is 0 Å². The van der Waals surface area contributed by atoms with E-state index in [2.05, 4.69) is 10.6 Å². The average Bonchev–Trinajstić information content (AvgIpc) is 2.26. The first-order valence-corrected chi connectivity index (χ1v) is 5.52. The maximum atomic E-state index is 11.1. The molecule has 0 spiro atoms. The Morgan fingerprint density at radius 2 is 1.47 bits per heavy atom. The molecule has 1 saturated heterocycles. The van der Waals surface area contributed by atoms with Crippen molar-refractivity contribution in [3.8, 4) is 0 Å². The van der Waals surface area contributed by atoms with Crippen molar-refractivity contribution in [1.29, 1.82) is 0 Å². The number of ether oxygens (including phenoxy) is 1. The number of nitrogens with one attached hydrogen (secondary N) is 2. The van der Waals surface area contributed by atoms with E-state index in [-0.39, 0.29) is 0 Å². The lowest BCUT2D eigenvalue weighted by Crippen LogP contribution is -2.69. The minimum atomic E-state index is -1.70. The van der Waals surface area contributed by atoms with Gasteiger partial charge >= 0.3 is 5.97 Å². The molecule has 1 aliphatic rings. The summed E-state index contributed by atoms with van der Waals surface area (Å²) in [7, 11) is 0. The van der Waals surface area contributed by atoms with Gasteiger partial charge in [0.05, 0.1) is 6.04 Å². The molecule has 1 fully saturated rings. The number of aliphatic hydroxyl groups excluding tert-OH is 2. The maximum Gasteiger partial charge on any atom is 0.335 e. The van der Waals surface area contributed by atoms with Crippen LogP contribution in [0.1, 0.15) is 13.8 Å². The van der Waals surface area contributed by atoms with Crippen molar-refractivity contribution in [1.82, 2.24) is 10.6 Å². The largest absolute Gasteiger partial charge is 0.479 e. The Morgan fingerprint density at radius 3 is 1.89 bits per heavy atom. The Balaban J connectivity index is 2.98. The molecule has 5 atom stereocenters. The molecule has 0 bridgehead atoms. The Kier molecular flexibility index (Phi) is 4.81. The second-order valence-corrected chi connectivity index (χ2v) is 4.23. The number of rotatable bonds is 3. The molecule has 1 heterocycles. The normalized spacial score (nSPS) is 34.4. The van der Waals surface area contributed by atoms with Crippen molar-refractivity contribution in [2.45, 2.75) is 44.4 Å². The highest BCUT2D eigenvalue weighted by Crippen LogP contribution is 2.20. The SMILES string of the molecule is CC(=O)N[C@H]1[C@H](O)[C@@H](C(=O)O)OC(O)[C@H]1NC(C)=O. The summed E-state index contributed by atoms with van der Waals surface area (Å²) in [4.78, 5) is 33.0. The lowest BCUT2D eigenvalue weighted by atomic mass is 9.93. The zero-order valence-corrected chi connectivity index (χ0v) is 10.4. The number of aliphatic carboxylic acids is 1. The van der Waals surface area contributed by atoms with E-state index in [0.717, 1.165) is 6.92 Å². The monoisotopic (exact) mass is 276 g/mol. The number of carbonyl (C=O) groups excluding carboxylic acids is 2. The molecule has 1 rings (SSSR count). The third kappa shape index (κ3) is 3.63. The summed E-state index contributed by atoms with van der Waals surface area (Å²) < 4.78 is 4.73. The highest BCUT2D eigenvalue weighted by molar-refractivity contribution is 5.77. The van der Waals surface area contributed by atoms with Gasteiger partial charge in [0.25, 0.3) is 0 Å². The number of carboxylic acids is 1. The third-order valence-corrected chi connectivity index (χ3v) is 2.64. The molecular formula is C10H16N2O7.